The lowest BCUT2D eigenvalue weighted by molar-refractivity contribution is -0.140. The van der Waals surface area contributed by atoms with Crippen molar-refractivity contribution in [2.45, 2.75) is 13.0 Å². The topological polar surface area (TPSA) is 93.9 Å². The molecule has 1 unspecified atom stereocenters. The molecule has 3 rings (SSSR count). The first kappa shape index (κ1) is 19.6. The monoisotopic (exact) mass is 385 g/mol. The van der Waals surface area contributed by atoms with Crippen LogP contribution < -0.4 is 10.1 Å². The molecule has 28 heavy (non-hydrogen) atoms. The summed E-state index contributed by atoms with van der Waals surface area (Å²) in [6.07, 6.45) is 5.83. The number of carbonyl (C=O) groups excluding carboxylic acids is 2. The largest absolute Gasteiger partial charge is 0.489 e. The summed E-state index contributed by atoms with van der Waals surface area (Å²) < 4.78 is 16.4. The van der Waals surface area contributed by atoms with Crippen molar-refractivity contribution >= 4 is 17.9 Å². The normalized spacial score (nSPS) is 16.9. The average molecular weight is 385 g/mol. The summed E-state index contributed by atoms with van der Waals surface area (Å²) in [5.41, 5.74) is 0.916. The minimum Gasteiger partial charge on any atom is -0.489 e. The number of morpholine rings is 1. The van der Waals surface area contributed by atoms with Crippen LogP contribution >= 0.6 is 0 Å². The van der Waals surface area contributed by atoms with Crippen LogP contribution in [-0.4, -0.2) is 60.7 Å². The molecular formula is C20H23N3O5. The highest BCUT2D eigenvalue weighted by molar-refractivity contribution is 5.94. The van der Waals surface area contributed by atoms with Crippen molar-refractivity contribution in [2.75, 3.05) is 32.8 Å². The van der Waals surface area contributed by atoms with E-state index in [4.69, 9.17) is 13.9 Å². The number of aromatic nitrogens is 1. The number of pyridine rings is 1. The van der Waals surface area contributed by atoms with E-state index < -0.39 is 0 Å². The molecular weight excluding hydrogens is 362 g/mol. The van der Waals surface area contributed by atoms with Crippen LogP contribution in [0.5, 0.6) is 5.75 Å². The number of hydrogen-bond acceptors (Lipinski definition) is 6. The molecule has 1 N–H and O–H groups in total. The van der Waals surface area contributed by atoms with Crippen LogP contribution in [0, 0.1) is 6.92 Å². The number of furan rings is 1. The zero-order valence-electron chi connectivity index (χ0n) is 15.7. The van der Waals surface area contributed by atoms with Gasteiger partial charge in [-0.05, 0) is 37.3 Å². The Morgan fingerprint density at radius 3 is 3.04 bits per heavy atom. The van der Waals surface area contributed by atoms with Crippen LogP contribution in [-0.2, 0) is 14.3 Å². The van der Waals surface area contributed by atoms with Crippen LogP contribution in [0.15, 0.2) is 47.2 Å². The van der Waals surface area contributed by atoms with Gasteiger partial charge in [0.2, 0.25) is 11.8 Å². The highest BCUT2D eigenvalue weighted by Crippen LogP contribution is 2.12. The van der Waals surface area contributed by atoms with Crippen LogP contribution in [0.1, 0.15) is 11.5 Å². The van der Waals surface area contributed by atoms with Crippen molar-refractivity contribution in [2.24, 2.45) is 0 Å². The number of carbonyl (C=O) groups is 2. The Morgan fingerprint density at radius 1 is 1.39 bits per heavy atom. The van der Waals surface area contributed by atoms with Crippen molar-refractivity contribution < 1.29 is 23.5 Å². The van der Waals surface area contributed by atoms with Crippen molar-refractivity contribution in [1.82, 2.24) is 15.2 Å². The zero-order valence-corrected chi connectivity index (χ0v) is 15.7. The van der Waals surface area contributed by atoms with Gasteiger partial charge in [-0.1, -0.05) is 0 Å². The molecule has 2 aromatic heterocycles. The van der Waals surface area contributed by atoms with Crippen LogP contribution in [0.25, 0.3) is 6.08 Å². The molecule has 0 saturated carbocycles. The quantitative estimate of drug-likeness (QED) is 0.725. The maximum Gasteiger partial charge on any atom is 0.244 e. The molecule has 1 aliphatic rings. The fourth-order valence-electron chi connectivity index (χ4n) is 2.65. The molecule has 1 aliphatic heterocycles. The third-order valence-corrected chi connectivity index (χ3v) is 4.17. The van der Waals surface area contributed by atoms with Gasteiger partial charge in [0.1, 0.15) is 24.2 Å². The Labute approximate surface area is 163 Å². The molecule has 148 valence electrons. The minimum atomic E-state index is -0.357. The van der Waals surface area contributed by atoms with Crippen LogP contribution in [0.4, 0.5) is 0 Å². The van der Waals surface area contributed by atoms with Gasteiger partial charge >= 0.3 is 0 Å². The van der Waals surface area contributed by atoms with E-state index in [0.29, 0.717) is 37.8 Å². The fourth-order valence-corrected chi connectivity index (χ4v) is 2.65. The Balaban J connectivity index is 1.41. The smallest absolute Gasteiger partial charge is 0.244 e. The summed E-state index contributed by atoms with van der Waals surface area (Å²) in [6.45, 7) is 3.49. The van der Waals surface area contributed by atoms with Gasteiger partial charge in [0, 0.05) is 18.3 Å². The summed E-state index contributed by atoms with van der Waals surface area (Å²) in [6, 6.07) is 7.18. The van der Waals surface area contributed by atoms with E-state index in [-0.39, 0.29) is 24.5 Å². The Bertz CT molecular complexity index is 802. The Hall–Kier alpha value is -3.13. The molecule has 8 nitrogen and oxygen atoms in total. The number of nitrogens with one attached hydrogen (secondary N) is 1. The van der Waals surface area contributed by atoms with E-state index in [1.807, 2.05) is 19.1 Å². The Morgan fingerprint density at radius 2 is 2.29 bits per heavy atom. The first-order chi connectivity index (χ1) is 13.6. The molecule has 3 heterocycles. The van der Waals surface area contributed by atoms with Gasteiger partial charge in [-0.3, -0.25) is 14.6 Å². The average Bonchev–Trinajstić information content (AvgIpc) is 3.24. The van der Waals surface area contributed by atoms with Gasteiger partial charge in [0.05, 0.1) is 32.2 Å². The molecule has 1 fully saturated rings. The van der Waals surface area contributed by atoms with Gasteiger partial charge in [0.25, 0.3) is 0 Å². The fraction of sp³-hybridized carbons (Fsp3) is 0.350. The highest BCUT2D eigenvalue weighted by atomic mass is 16.5. The molecule has 0 bridgehead atoms. The summed E-state index contributed by atoms with van der Waals surface area (Å²) >= 11 is 0. The van der Waals surface area contributed by atoms with Gasteiger partial charge in [-0.15, -0.1) is 0 Å². The lowest BCUT2D eigenvalue weighted by Gasteiger charge is -2.32. The third kappa shape index (κ3) is 5.95. The molecule has 0 aliphatic carbocycles. The predicted octanol–water partition coefficient (Wildman–Crippen LogP) is 1.42. The number of hydrogen-bond donors (Lipinski definition) is 1. The number of aryl methyl sites for hydroxylation is 1. The van der Waals surface area contributed by atoms with E-state index in [1.54, 1.807) is 29.3 Å². The number of amides is 2. The van der Waals surface area contributed by atoms with Gasteiger partial charge in [-0.2, -0.15) is 0 Å². The molecule has 0 radical (unpaired) electrons. The van der Waals surface area contributed by atoms with E-state index in [0.717, 1.165) is 5.69 Å². The van der Waals surface area contributed by atoms with Gasteiger partial charge in [0.15, 0.2) is 0 Å². The minimum absolute atomic E-state index is 0.0726. The van der Waals surface area contributed by atoms with E-state index in [1.165, 1.54) is 12.3 Å². The van der Waals surface area contributed by atoms with E-state index in [2.05, 4.69) is 10.3 Å². The molecule has 2 amide bonds. The van der Waals surface area contributed by atoms with Crippen molar-refractivity contribution in [3.63, 3.8) is 0 Å². The molecule has 8 heteroatoms. The third-order valence-electron chi connectivity index (χ3n) is 4.17. The first-order valence-electron chi connectivity index (χ1n) is 9.04. The predicted molar refractivity (Wildman–Crippen MR) is 102 cm³/mol. The van der Waals surface area contributed by atoms with Gasteiger partial charge < -0.3 is 24.1 Å². The second kappa shape index (κ2) is 9.70. The number of ether oxygens (including phenoxy) is 2. The van der Waals surface area contributed by atoms with Crippen molar-refractivity contribution in [3.05, 3.63) is 54.3 Å². The lowest BCUT2D eigenvalue weighted by Crippen LogP contribution is -2.50. The highest BCUT2D eigenvalue weighted by Gasteiger charge is 2.24. The SMILES string of the molecule is Cc1ccc(OCC2CN(C(=O)CNC(=O)/C=C\c3ccco3)CCO2)cn1. The number of rotatable bonds is 7. The van der Waals surface area contributed by atoms with Gasteiger partial charge in [-0.25, -0.2) is 0 Å². The summed E-state index contributed by atoms with van der Waals surface area (Å²) in [7, 11) is 0. The van der Waals surface area contributed by atoms with Crippen LogP contribution in [0.3, 0.4) is 0 Å². The molecule has 1 saturated heterocycles. The summed E-state index contributed by atoms with van der Waals surface area (Å²) in [5, 5.41) is 2.58. The van der Waals surface area contributed by atoms with Crippen LogP contribution in [0.2, 0.25) is 0 Å². The van der Waals surface area contributed by atoms with E-state index in [9.17, 15) is 9.59 Å². The summed E-state index contributed by atoms with van der Waals surface area (Å²) in [4.78, 5) is 30.0. The second-order valence-electron chi connectivity index (χ2n) is 6.35. The number of nitrogens with zero attached hydrogens (tertiary/aromatic N) is 2. The lowest BCUT2D eigenvalue weighted by atomic mass is 10.2. The molecule has 0 spiro atoms. The van der Waals surface area contributed by atoms with E-state index >= 15 is 0 Å². The second-order valence-corrected chi connectivity index (χ2v) is 6.35. The van der Waals surface area contributed by atoms with Crippen molar-refractivity contribution in [3.8, 4) is 5.75 Å². The molecule has 1 atom stereocenters. The summed E-state index contributed by atoms with van der Waals surface area (Å²) in [5.74, 6) is 0.712. The Kier molecular flexibility index (Phi) is 6.80. The first-order valence-corrected chi connectivity index (χ1v) is 9.04. The maximum absolute atomic E-state index is 12.4. The standard InChI is InChI=1S/C20H23N3O5/c1-15-4-5-17(11-21-15)28-14-18-13-23(8-10-27-18)20(25)12-22-19(24)7-6-16-3-2-9-26-16/h2-7,9,11,18H,8,10,12-14H2,1H3,(H,22,24)/b7-6-. The van der Waals surface area contributed by atoms with Crippen molar-refractivity contribution in [1.29, 1.82) is 0 Å². The zero-order chi connectivity index (χ0) is 19.8. The maximum atomic E-state index is 12.4. The molecule has 2 aromatic rings. The molecule has 0 aromatic carbocycles.